The van der Waals surface area contributed by atoms with Crippen LogP contribution in [0.15, 0.2) is 77.2 Å². The minimum Gasteiger partial charge on any atom is -0.456 e. The van der Waals surface area contributed by atoms with Gasteiger partial charge in [0.2, 0.25) is 0 Å². The highest BCUT2D eigenvalue weighted by molar-refractivity contribution is 7.72. The average molecular weight is 302 g/mol. The van der Waals surface area contributed by atoms with E-state index in [-0.39, 0.29) is 0 Å². The lowest BCUT2D eigenvalue weighted by Crippen LogP contribution is -1.88. The van der Waals surface area contributed by atoms with Crippen LogP contribution in [0.3, 0.4) is 0 Å². The molecule has 0 aliphatic rings. The Morgan fingerprint density at radius 2 is 1.41 bits per heavy atom. The summed E-state index contributed by atoms with van der Waals surface area (Å²) in [6.45, 7) is 0. The number of rotatable bonds is 2. The van der Waals surface area contributed by atoms with Crippen LogP contribution in [0.2, 0.25) is 0 Å². The molecule has 22 heavy (non-hydrogen) atoms. The highest BCUT2D eigenvalue weighted by atomic mass is 32.1. The van der Waals surface area contributed by atoms with Crippen molar-refractivity contribution in [2.24, 2.45) is 0 Å². The van der Waals surface area contributed by atoms with Crippen molar-refractivity contribution >= 4 is 34.2 Å². The zero-order chi connectivity index (χ0) is 14.9. The van der Waals surface area contributed by atoms with Gasteiger partial charge in [0, 0.05) is 10.8 Å². The monoisotopic (exact) mass is 302 g/mol. The molecule has 0 bridgehead atoms. The van der Waals surface area contributed by atoms with Crippen LogP contribution in [0.5, 0.6) is 0 Å². The van der Waals surface area contributed by atoms with E-state index in [1.807, 2.05) is 36.4 Å². The highest BCUT2D eigenvalue weighted by Crippen LogP contribution is 2.26. The fourth-order valence-electron chi connectivity index (χ4n) is 2.79. The molecule has 0 spiro atoms. The van der Waals surface area contributed by atoms with Crippen molar-refractivity contribution in [3.63, 3.8) is 0 Å². The number of fused-ring (bicyclic) bond motifs is 2. The molecule has 0 N–H and O–H groups in total. The molecule has 0 fully saturated rings. The van der Waals surface area contributed by atoms with Crippen LogP contribution in [0.25, 0.3) is 21.9 Å². The van der Waals surface area contributed by atoms with Crippen molar-refractivity contribution in [2.75, 3.05) is 0 Å². The summed E-state index contributed by atoms with van der Waals surface area (Å²) in [5.74, 6) is 0. The maximum atomic E-state index is 5.97. The predicted molar refractivity (Wildman–Crippen MR) is 93.8 cm³/mol. The Bertz CT molecular complexity index is 1020. The van der Waals surface area contributed by atoms with E-state index in [1.54, 1.807) is 0 Å². The molecule has 0 unspecified atom stereocenters. The van der Waals surface area contributed by atoms with Gasteiger partial charge in [-0.25, -0.2) is 0 Å². The van der Waals surface area contributed by atoms with E-state index in [0.717, 1.165) is 32.9 Å². The second-order valence-corrected chi connectivity index (χ2v) is 5.83. The standard InChI is InChI=1S/C20H14OS/c22-20-16-8-4-5-9-18(16)21-19-11-10-15(13-17(19)20)12-14-6-2-1-3-7-14/h1-11,13H,12H2. The number of para-hydroxylation sites is 1. The topological polar surface area (TPSA) is 13.1 Å². The quantitative estimate of drug-likeness (QED) is 0.337. The van der Waals surface area contributed by atoms with Crippen molar-refractivity contribution in [1.29, 1.82) is 0 Å². The van der Waals surface area contributed by atoms with Gasteiger partial charge < -0.3 is 4.42 Å². The van der Waals surface area contributed by atoms with E-state index in [1.165, 1.54) is 11.1 Å². The maximum absolute atomic E-state index is 5.97. The van der Waals surface area contributed by atoms with Crippen molar-refractivity contribution in [2.45, 2.75) is 6.42 Å². The molecule has 106 valence electrons. The molecular formula is C20H14OS. The molecular weight excluding hydrogens is 288 g/mol. The predicted octanol–water partition coefficient (Wildman–Crippen LogP) is 5.91. The molecule has 0 saturated heterocycles. The molecule has 0 radical (unpaired) electrons. The van der Waals surface area contributed by atoms with Crippen LogP contribution >= 0.6 is 12.2 Å². The summed E-state index contributed by atoms with van der Waals surface area (Å²) >= 11 is 5.66. The molecule has 0 aliphatic heterocycles. The lowest BCUT2D eigenvalue weighted by molar-refractivity contribution is 0.660. The molecule has 3 aromatic carbocycles. The zero-order valence-corrected chi connectivity index (χ0v) is 12.8. The van der Waals surface area contributed by atoms with Crippen molar-refractivity contribution in [1.82, 2.24) is 0 Å². The third kappa shape index (κ3) is 2.32. The number of hydrogen-bond donors (Lipinski definition) is 0. The number of hydrogen-bond acceptors (Lipinski definition) is 2. The van der Waals surface area contributed by atoms with Gasteiger partial charge in [0.15, 0.2) is 0 Å². The van der Waals surface area contributed by atoms with E-state index < -0.39 is 0 Å². The number of benzene rings is 3. The molecule has 4 rings (SSSR count). The van der Waals surface area contributed by atoms with Crippen molar-refractivity contribution < 1.29 is 4.42 Å². The molecule has 1 nitrogen and oxygen atoms in total. The van der Waals surface area contributed by atoms with Gasteiger partial charge in [0.25, 0.3) is 0 Å². The summed E-state index contributed by atoms with van der Waals surface area (Å²) in [7, 11) is 0. The Balaban J connectivity index is 1.88. The first-order valence-corrected chi connectivity index (χ1v) is 7.70. The van der Waals surface area contributed by atoms with E-state index in [2.05, 4.69) is 36.4 Å². The molecule has 1 aromatic heterocycles. The van der Waals surface area contributed by atoms with Crippen LogP contribution in [0, 0.1) is 4.51 Å². The summed E-state index contributed by atoms with van der Waals surface area (Å²) in [5.41, 5.74) is 4.23. The first-order chi connectivity index (χ1) is 10.8. The molecule has 1 heterocycles. The van der Waals surface area contributed by atoms with Crippen LogP contribution < -0.4 is 0 Å². The third-order valence-electron chi connectivity index (χ3n) is 3.89. The average Bonchev–Trinajstić information content (AvgIpc) is 2.57. The lowest BCUT2D eigenvalue weighted by atomic mass is 10.0. The van der Waals surface area contributed by atoms with E-state index >= 15 is 0 Å². The Morgan fingerprint density at radius 1 is 0.682 bits per heavy atom. The molecule has 0 amide bonds. The summed E-state index contributed by atoms with van der Waals surface area (Å²) in [4.78, 5) is 0. The van der Waals surface area contributed by atoms with Gasteiger partial charge in [-0.15, -0.1) is 0 Å². The van der Waals surface area contributed by atoms with E-state index in [4.69, 9.17) is 16.6 Å². The van der Waals surface area contributed by atoms with Crippen LogP contribution in [0.1, 0.15) is 11.1 Å². The Labute approximate surface area is 133 Å². The Kier molecular flexibility index (Phi) is 3.24. The molecule has 0 atom stereocenters. The highest BCUT2D eigenvalue weighted by Gasteiger charge is 2.06. The maximum Gasteiger partial charge on any atom is 0.136 e. The SMILES string of the molecule is S=c1c2ccccc2oc2ccc(Cc3ccccc3)cc12. The molecule has 2 heteroatoms. The second kappa shape index (κ2) is 5.39. The minimum atomic E-state index is 0.843. The molecule has 0 saturated carbocycles. The Morgan fingerprint density at radius 3 is 2.27 bits per heavy atom. The van der Waals surface area contributed by atoms with Crippen molar-refractivity contribution in [3.8, 4) is 0 Å². The van der Waals surface area contributed by atoms with Gasteiger partial charge in [-0.3, -0.25) is 0 Å². The summed E-state index contributed by atoms with van der Waals surface area (Å²) in [6.07, 6.45) is 0.901. The Hall–Kier alpha value is -2.45. The molecule has 4 aromatic rings. The van der Waals surface area contributed by atoms with Crippen LogP contribution in [-0.4, -0.2) is 0 Å². The normalized spacial score (nSPS) is 11.1. The van der Waals surface area contributed by atoms with Gasteiger partial charge >= 0.3 is 0 Å². The van der Waals surface area contributed by atoms with Crippen LogP contribution in [0.4, 0.5) is 0 Å². The fraction of sp³-hybridized carbons (Fsp3) is 0.0500. The third-order valence-corrected chi connectivity index (χ3v) is 4.33. The summed E-state index contributed by atoms with van der Waals surface area (Å²) in [6, 6.07) is 24.7. The first-order valence-electron chi connectivity index (χ1n) is 7.30. The largest absolute Gasteiger partial charge is 0.456 e. The summed E-state index contributed by atoms with van der Waals surface area (Å²) in [5, 5.41) is 2.02. The van der Waals surface area contributed by atoms with Gasteiger partial charge in [-0.2, -0.15) is 0 Å². The van der Waals surface area contributed by atoms with Gasteiger partial charge in [-0.05, 0) is 41.8 Å². The second-order valence-electron chi connectivity index (χ2n) is 5.42. The fourth-order valence-corrected chi connectivity index (χ4v) is 3.12. The van der Waals surface area contributed by atoms with Gasteiger partial charge in [0.05, 0.1) is 4.51 Å². The van der Waals surface area contributed by atoms with E-state index in [0.29, 0.717) is 0 Å². The smallest absolute Gasteiger partial charge is 0.136 e. The first kappa shape index (κ1) is 13.2. The van der Waals surface area contributed by atoms with Crippen LogP contribution in [-0.2, 0) is 6.42 Å². The van der Waals surface area contributed by atoms with E-state index in [9.17, 15) is 0 Å². The van der Waals surface area contributed by atoms with Gasteiger partial charge in [-0.1, -0.05) is 60.7 Å². The molecule has 0 aliphatic carbocycles. The van der Waals surface area contributed by atoms with Gasteiger partial charge in [0.1, 0.15) is 11.2 Å². The summed E-state index contributed by atoms with van der Waals surface area (Å²) < 4.78 is 6.83. The minimum absolute atomic E-state index is 0.843. The lowest BCUT2D eigenvalue weighted by Gasteiger charge is -2.06. The van der Waals surface area contributed by atoms with Crippen molar-refractivity contribution in [3.05, 3.63) is 88.4 Å². The zero-order valence-electron chi connectivity index (χ0n) is 12.0.